The highest BCUT2D eigenvalue weighted by Crippen LogP contribution is 2.22. The fraction of sp³-hybridized carbons (Fsp3) is 0.200. The van der Waals surface area contributed by atoms with Crippen molar-refractivity contribution in [2.45, 2.75) is 13.5 Å². The monoisotopic (exact) mass is 337 g/mol. The SMILES string of the molecule is CCO/C=C\c1c(N)nsc1C(=O)NCc1ccc(Cl)cc1. The Kier molecular flexibility index (Phi) is 5.80. The van der Waals surface area contributed by atoms with Crippen LogP contribution in [0, 0.1) is 0 Å². The van der Waals surface area contributed by atoms with Gasteiger partial charge in [0.25, 0.3) is 5.91 Å². The van der Waals surface area contributed by atoms with Crippen LogP contribution >= 0.6 is 23.1 Å². The maximum atomic E-state index is 12.3. The van der Waals surface area contributed by atoms with Gasteiger partial charge in [-0.3, -0.25) is 4.79 Å². The largest absolute Gasteiger partial charge is 0.501 e. The van der Waals surface area contributed by atoms with Crippen LogP contribution in [0.3, 0.4) is 0 Å². The summed E-state index contributed by atoms with van der Waals surface area (Å²) < 4.78 is 9.15. The molecule has 1 aromatic carbocycles. The number of anilines is 1. The zero-order valence-corrected chi connectivity index (χ0v) is 13.6. The van der Waals surface area contributed by atoms with Gasteiger partial charge in [0.05, 0.1) is 12.9 Å². The number of rotatable bonds is 6. The number of carbonyl (C=O) groups excluding carboxylic acids is 1. The molecule has 2 aromatic rings. The van der Waals surface area contributed by atoms with Gasteiger partial charge >= 0.3 is 0 Å². The van der Waals surface area contributed by atoms with Gasteiger partial charge in [0, 0.05) is 17.1 Å². The molecule has 0 unspecified atom stereocenters. The number of nitrogens with two attached hydrogens (primary N) is 1. The second kappa shape index (κ2) is 7.82. The molecule has 0 fully saturated rings. The van der Waals surface area contributed by atoms with Gasteiger partial charge in [0.1, 0.15) is 10.7 Å². The first-order valence-corrected chi connectivity index (χ1v) is 7.83. The van der Waals surface area contributed by atoms with Crippen LogP contribution in [0.2, 0.25) is 5.02 Å². The summed E-state index contributed by atoms with van der Waals surface area (Å²) in [7, 11) is 0. The molecule has 0 spiro atoms. The molecule has 0 atom stereocenters. The minimum absolute atomic E-state index is 0.222. The Hall–Kier alpha value is -2.05. The molecule has 22 heavy (non-hydrogen) atoms. The van der Waals surface area contributed by atoms with Crippen molar-refractivity contribution >= 4 is 40.9 Å². The van der Waals surface area contributed by atoms with Crippen molar-refractivity contribution in [3.8, 4) is 0 Å². The zero-order valence-electron chi connectivity index (χ0n) is 12.0. The number of benzene rings is 1. The second-order valence-corrected chi connectivity index (χ2v) is 5.59. The Morgan fingerprint density at radius 3 is 2.86 bits per heavy atom. The first-order chi connectivity index (χ1) is 10.6. The quantitative estimate of drug-likeness (QED) is 0.793. The van der Waals surface area contributed by atoms with Gasteiger partial charge in [0.15, 0.2) is 0 Å². The van der Waals surface area contributed by atoms with Crippen molar-refractivity contribution in [2.75, 3.05) is 12.3 Å². The van der Waals surface area contributed by atoms with E-state index in [1.165, 1.54) is 6.26 Å². The molecule has 0 bridgehead atoms. The Bertz CT molecular complexity index is 668. The van der Waals surface area contributed by atoms with E-state index in [1.54, 1.807) is 18.2 Å². The van der Waals surface area contributed by atoms with Gasteiger partial charge in [-0.1, -0.05) is 23.7 Å². The van der Waals surface area contributed by atoms with Crippen LogP contribution in [0.1, 0.15) is 27.7 Å². The Morgan fingerprint density at radius 2 is 2.18 bits per heavy atom. The second-order valence-electron chi connectivity index (χ2n) is 4.38. The Labute approximate surface area is 137 Å². The summed E-state index contributed by atoms with van der Waals surface area (Å²) in [5.41, 5.74) is 7.32. The van der Waals surface area contributed by atoms with E-state index in [-0.39, 0.29) is 5.91 Å². The van der Waals surface area contributed by atoms with E-state index >= 15 is 0 Å². The van der Waals surface area contributed by atoms with Gasteiger partial charge in [-0.2, -0.15) is 4.37 Å². The number of ether oxygens (including phenoxy) is 1. The topological polar surface area (TPSA) is 77.2 Å². The van der Waals surface area contributed by atoms with Crippen molar-refractivity contribution in [3.63, 3.8) is 0 Å². The highest BCUT2D eigenvalue weighted by molar-refractivity contribution is 7.08. The number of hydrogen-bond donors (Lipinski definition) is 2. The third-order valence-corrected chi connectivity index (χ3v) is 3.95. The lowest BCUT2D eigenvalue weighted by Gasteiger charge is -2.05. The zero-order chi connectivity index (χ0) is 15.9. The molecule has 0 saturated heterocycles. The lowest BCUT2D eigenvalue weighted by Crippen LogP contribution is -2.22. The van der Waals surface area contributed by atoms with Crippen molar-refractivity contribution in [1.29, 1.82) is 0 Å². The number of nitrogens with zero attached hydrogens (tertiary/aromatic N) is 1. The number of amides is 1. The maximum absolute atomic E-state index is 12.3. The highest BCUT2D eigenvalue weighted by Gasteiger charge is 2.16. The van der Waals surface area contributed by atoms with E-state index in [0.29, 0.717) is 34.4 Å². The van der Waals surface area contributed by atoms with Crippen LogP contribution in [0.25, 0.3) is 6.08 Å². The van der Waals surface area contributed by atoms with E-state index in [9.17, 15) is 4.79 Å². The lowest BCUT2D eigenvalue weighted by molar-refractivity contribution is 0.0955. The van der Waals surface area contributed by atoms with Gasteiger partial charge in [-0.05, 0) is 42.2 Å². The smallest absolute Gasteiger partial charge is 0.263 e. The standard InChI is InChI=1S/C15H16ClN3O2S/c1-2-21-8-7-12-13(22-19-14(12)17)15(20)18-9-10-3-5-11(16)6-4-10/h3-8H,2,9H2,1H3,(H2,17,19)(H,18,20)/b8-7-. The van der Waals surface area contributed by atoms with Crippen molar-refractivity contribution in [2.24, 2.45) is 0 Å². The maximum Gasteiger partial charge on any atom is 0.263 e. The van der Waals surface area contributed by atoms with Gasteiger partial charge < -0.3 is 15.8 Å². The van der Waals surface area contributed by atoms with Crippen LogP contribution in [0.4, 0.5) is 5.82 Å². The van der Waals surface area contributed by atoms with Crippen molar-refractivity contribution in [1.82, 2.24) is 9.69 Å². The van der Waals surface area contributed by atoms with Crippen LogP contribution in [-0.4, -0.2) is 16.9 Å². The first-order valence-electron chi connectivity index (χ1n) is 6.67. The van der Waals surface area contributed by atoms with Crippen molar-refractivity contribution < 1.29 is 9.53 Å². The summed E-state index contributed by atoms with van der Waals surface area (Å²) in [5.74, 6) is 0.0953. The average molecular weight is 338 g/mol. The van der Waals surface area contributed by atoms with Crippen LogP contribution in [0.5, 0.6) is 0 Å². The molecule has 1 aromatic heterocycles. The summed E-state index contributed by atoms with van der Waals surface area (Å²) in [5, 5.41) is 3.50. The first kappa shape index (κ1) is 16.3. The molecule has 1 heterocycles. The number of halogens is 1. The number of carbonyl (C=O) groups is 1. The summed E-state index contributed by atoms with van der Waals surface area (Å²) in [4.78, 5) is 12.7. The minimum Gasteiger partial charge on any atom is -0.501 e. The Balaban J connectivity index is 2.04. The molecule has 0 saturated carbocycles. The van der Waals surface area contributed by atoms with Gasteiger partial charge in [0.2, 0.25) is 0 Å². The molecule has 0 aliphatic heterocycles. The molecular formula is C15H16ClN3O2S. The van der Waals surface area contributed by atoms with E-state index in [4.69, 9.17) is 22.1 Å². The van der Waals surface area contributed by atoms with Gasteiger partial charge in [-0.25, -0.2) is 0 Å². The molecule has 3 N–H and O–H groups in total. The number of hydrogen-bond acceptors (Lipinski definition) is 5. The van der Waals surface area contributed by atoms with Crippen LogP contribution < -0.4 is 11.1 Å². The lowest BCUT2D eigenvalue weighted by atomic mass is 10.2. The predicted molar refractivity (Wildman–Crippen MR) is 89.8 cm³/mol. The van der Waals surface area contributed by atoms with E-state index in [1.807, 2.05) is 19.1 Å². The van der Waals surface area contributed by atoms with E-state index in [2.05, 4.69) is 9.69 Å². The third-order valence-electron chi connectivity index (χ3n) is 2.83. The minimum atomic E-state index is -0.222. The molecule has 2 rings (SSSR count). The molecular weight excluding hydrogens is 322 g/mol. The van der Waals surface area contributed by atoms with Gasteiger partial charge in [-0.15, -0.1) is 0 Å². The normalized spacial score (nSPS) is 10.8. The fourth-order valence-corrected chi connectivity index (χ4v) is 2.55. The number of nitrogens with one attached hydrogen (secondary N) is 1. The predicted octanol–water partition coefficient (Wildman–Crippen LogP) is 3.32. The fourth-order valence-electron chi connectivity index (χ4n) is 1.71. The molecule has 116 valence electrons. The summed E-state index contributed by atoms with van der Waals surface area (Å²) in [6, 6.07) is 7.28. The van der Waals surface area contributed by atoms with Crippen molar-refractivity contribution in [3.05, 3.63) is 51.6 Å². The Morgan fingerprint density at radius 1 is 1.45 bits per heavy atom. The van der Waals surface area contributed by atoms with Crippen LogP contribution in [-0.2, 0) is 11.3 Å². The molecule has 0 radical (unpaired) electrons. The molecule has 1 amide bonds. The average Bonchev–Trinajstić information content (AvgIpc) is 2.88. The number of nitrogen functional groups attached to an aromatic ring is 1. The van der Waals surface area contributed by atoms with E-state index in [0.717, 1.165) is 17.1 Å². The molecule has 0 aliphatic carbocycles. The summed E-state index contributed by atoms with van der Waals surface area (Å²) in [6.07, 6.45) is 3.16. The van der Waals surface area contributed by atoms with Crippen LogP contribution in [0.15, 0.2) is 30.5 Å². The van der Waals surface area contributed by atoms with E-state index < -0.39 is 0 Å². The summed E-state index contributed by atoms with van der Waals surface area (Å²) in [6.45, 7) is 2.83. The molecule has 7 heteroatoms. The third kappa shape index (κ3) is 4.22. The number of aromatic nitrogens is 1. The highest BCUT2D eigenvalue weighted by atomic mass is 35.5. The summed E-state index contributed by atoms with van der Waals surface area (Å²) >= 11 is 6.89. The molecule has 5 nitrogen and oxygen atoms in total. The molecule has 0 aliphatic rings.